The van der Waals surface area contributed by atoms with Gasteiger partial charge in [-0.2, -0.15) is 0 Å². The number of hydrogen-bond acceptors (Lipinski definition) is 4. The Bertz CT molecular complexity index is 297. The summed E-state index contributed by atoms with van der Waals surface area (Å²) in [5, 5.41) is 0.144. The molecule has 1 rings (SSSR count). The van der Waals surface area contributed by atoms with Gasteiger partial charge in [0.2, 0.25) is 5.91 Å². The van der Waals surface area contributed by atoms with E-state index in [2.05, 4.69) is 0 Å². The fourth-order valence-electron chi connectivity index (χ4n) is 2.39. The molecule has 0 aromatic heterocycles. The Morgan fingerprint density at radius 3 is 2.68 bits per heavy atom. The minimum Gasteiger partial charge on any atom is -0.342 e. The summed E-state index contributed by atoms with van der Waals surface area (Å²) in [7, 11) is 0. The zero-order chi connectivity index (χ0) is 14.1. The van der Waals surface area contributed by atoms with E-state index in [1.54, 1.807) is 6.92 Å². The lowest BCUT2D eigenvalue weighted by Crippen LogP contribution is -2.26. The molecule has 1 aliphatic rings. The fraction of sp³-hybridized carbons (Fsp3) is 0.857. The first kappa shape index (κ1) is 16.5. The number of hydrogen-bond donors (Lipinski definition) is 1. The molecular weight excluding hydrogens is 260 g/mol. The summed E-state index contributed by atoms with van der Waals surface area (Å²) in [6.45, 7) is 4.07. The lowest BCUT2D eigenvalue weighted by atomic mass is 10.1. The number of likely N-dealkylation sites (tertiary alicyclic amines) is 1. The smallest absolute Gasteiger partial charge is 0.222 e. The number of thioether (sulfide) groups is 1. The molecule has 19 heavy (non-hydrogen) atoms. The summed E-state index contributed by atoms with van der Waals surface area (Å²) in [4.78, 5) is 24.7. The maximum atomic E-state index is 11.8. The first-order valence-corrected chi connectivity index (χ1v) is 8.23. The zero-order valence-electron chi connectivity index (χ0n) is 11.9. The van der Waals surface area contributed by atoms with Crippen LogP contribution in [0.25, 0.3) is 0 Å². The molecule has 2 N–H and O–H groups in total. The van der Waals surface area contributed by atoms with Crippen molar-refractivity contribution in [3.8, 4) is 0 Å². The molecule has 1 heterocycles. The summed E-state index contributed by atoms with van der Waals surface area (Å²) in [6, 6.07) is 0. The van der Waals surface area contributed by atoms with Crippen LogP contribution in [0.15, 0.2) is 0 Å². The van der Waals surface area contributed by atoms with Crippen molar-refractivity contribution in [1.82, 2.24) is 4.90 Å². The predicted octanol–water partition coefficient (Wildman–Crippen LogP) is 2.02. The van der Waals surface area contributed by atoms with E-state index in [0.29, 0.717) is 12.3 Å². The Morgan fingerprint density at radius 1 is 1.32 bits per heavy atom. The standard InChI is InChI=1S/C14H26N2O2S/c1-12(17)19-11-13-9-14(18)16(10-13)8-6-4-2-3-5-7-15/h13H,2-11,15H2,1H3. The van der Waals surface area contributed by atoms with E-state index in [-0.39, 0.29) is 11.0 Å². The van der Waals surface area contributed by atoms with Crippen molar-refractivity contribution in [2.45, 2.75) is 45.4 Å². The predicted molar refractivity (Wildman–Crippen MR) is 80.0 cm³/mol. The van der Waals surface area contributed by atoms with Crippen molar-refractivity contribution in [3.63, 3.8) is 0 Å². The molecule has 0 aromatic carbocycles. The van der Waals surface area contributed by atoms with Crippen LogP contribution in [0, 0.1) is 5.92 Å². The molecule has 0 aliphatic carbocycles. The average Bonchev–Trinajstić information content (AvgIpc) is 2.72. The second-order valence-electron chi connectivity index (χ2n) is 5.27. The van der Waals surface area contributed by atoms with Crippen molar-refractivity contribution < 1.29 is 9.59 Å². The van der Waals surface area contributed by atoms with Gasteiger partial charge >= 0.3 is 0 Å². The van der Waals surface area contributed by atoms with Gasteiger partial charge in [-0.1, -0.05) is 31.0 Å². The normalized spacial score (nSPS) is 19.2. The lowest BCUT2D eigenvalue weighted by molar-refractivity contribution is -0.127. The number of carbonyl (C=O) groups excluding carboxylic acids is 2. The van der Waals surface area contributed by atoms with Gasteiger partial charge in [0.1, 0.15) is 0 Å². The van der Waals surface area contributed by atoms with Crippen LogP contribution in [-0.4, -0.2) is 41.3 Å². The van der Waals surface area contributed by atoms with E-state index in [4.69, 9.17) is 5.73 Å². The van der Waals surface area contributed by atoms with Crippen LogP contribution < -0.4 is 5.73 Å². The van der Waals surface area contributed by atoms with Gasteiger partial charge in [0.15, 0.2) is 5.12 Å². The molecule has 0 saturated carbocycles. The number of nitrogens with two attached hydrogens (primary N) is 1. The van der Waals surface area contributed by atoms with Gasteiger partial charge in [-0.05, 0) is 25.3 Å². The van der Waals surface area contributed by atoms with Crippen molar-refractivity contribution >= 4 is 22.8 Å². The lowest BCUT2D eigenvalue weighted by Gasteiger charge is -2.16. The minimum atomic E-state index is 0.144. The molecule has 1 amide bonds. The van der Waals surface area contributed by atoms with Crippen LogP contribution in [0.4, 0.5) is 0 Å². The van der Waals surface area contributed by atoms with Crippen LogP contribution in [0.5, 0.6) is 0 Å². The molecule has 0 aromatic rings. The van der Waals surface area contributed by atoms with E-state index in [9.17, 15) is 9.59 Å². The molecule has 5 heteroatoms. The van der Waals surface area contributed by atoms with Crippen LogP contribution in [-0.2, 0) is 9.59 Å². The summed E-state index contributed by atoms with van der Waals surface area (Å²) >= 11 is 1.34. The molecule has 1 aliphatic heterocycles. The molecule has 0 spiro atoms. The third kappa shape index (κ3) is 6.97. The molecule has 4 nitrogen and oxygen atoms in total. The van der Waals surface area contributed by atoms with Crippen molar-refractivity contribution in [2.24, 2.45) is 11.7 Å². The van der Waals surface area contributed by atoms with Crippen LogP contribution >= 0.6 is 11.8 Å². The van der Waals surface area contributed by atoms with Gasteiger partial charge in [0.05, 0.1) is 0 Å². The quantitative estimate of drug-likeness (QED) is 0.659. The van der Waals surface area contributed by atoms with E-state index in [1.165, 1.54) is 31.0 Å². The molecule has 110 valence electrons. The number of rotatable bonds is 9. The average molecular weight is 286 g/mol. The SMILES string of the molecule is CC(=O)SCC1CC(=O)N(CCCCCCCN)C1. The number of nitrogens with zero attached hydrogens (tertiary/aromatic N) is 1. The second-order valence-corrected chi connectivity index (χ2v) is 6.47. The van der Waals surface area contributed by atoms with E-state index in [0.717, 1.165) is 38.2 Å². The topological polar surface area (TPSA) is 63.4 Å². The Morgan fingerprint density at radius 2 is 2.00 bits per heavy atom. The Kier molecular flexibility index (Phi) is 8.14. The van der Waals surface area contributed by atoms with Crippen LogP contribution in [0.2, 0.25) is 0 Å². The van der Waals surface area contributed by atoms with Gasteiger partial charge in [-0.25, -0.2) is 0 Å². The van der Waals surface area contributed by atoms with Crippen LogP contribution in [0.1, 0.15) is 45.4 Å². The largest absolute Gasteiger partial charge is 0.342 e. The maximum absolute atomic E-state index is 11.8. The molecule has 0 bridgehead atoms. The fourth-order valence-corrected chi connectivity index (χ4v) is 3.09. The van der Waals surface area contributed by atoms with Gasteiger partial charge in [0, 0.05) is 32.2 Å². The first-order chi connectivity index (χ1) is 9.13. The van der Waals surface area contributed by atoms with Crippen molar-refractivity contribution in [1.29, 1.82) is 0 Å². The molecule has 1 atom stereocenters. The summed E-state index contributed by atoms with van der Waals surface area (Å²) in [6.07, 6.45) is 6.39. The third-order valence-electron chi connectivity index (χ3n) is 3.45. The molecular formula is C14H26N2O2S. The summed E-state index contributed by atoms with van der Waals surface area (Å²) in [5.41, 5.74) is 5.45. The van der Waals surface area contributed by atoms with Crippen molar-refractivity contribution in [2.75, 3.05) is 25.4 Å². The number of carbonyl (C=O) groups is 2. The Hall–Kier alpha value is -0.550. The molecule has 1 saturated heterocycles. The zero-order valence-corrected chi connectivity index (χ0v) is 12.7. The van der Waals surface area contributed by atoms with Gasteiger partial charge in [-0.3, -0.25) is 9.59 Å². The highest BCUT2D eigenvalue weighted by Gasteiger charge is 2.29. The third-order valence-corrected chi connectivity index (χ3v) is 4.49. The Labute approximate surface area is 120 Å². The van der Waals surface area contributed by atoms with E-state index < -0.39 is 0 Å². The monoisotopic (exact) mass is 286 g/mol. The van der Waals surface area contributed by atoms with Crippen LogP contribution in [0.3, 0.4) is 0 Å². The highest BCUT2D eigenvalue weighted by Crippen LogP contribution is 2.22. The molecule has 1 unspecified atom stereocenters. The van der Waals surface area contributed by atoms with Crippen molar-refractivity contribution in [3.05, 3.63) is 0 Å². The summed E-state index contributed by atoms with van der Waals surface area (Å²) in [5.74, 6) is 1.41. The minimum absolute atomic E-state index is 0.144. The first-order valence-electron chi connectivity index (χ1n) is 7.24. The summed E-state index contributed by atoms with van der Waals surface area (Å²) < 4.78 is 0. The van der Waals surface area contributed by atoms with Gasteiger partial charge in [-0.15, -0.1) is 0 Å². The van der Waals surface area contributed by atoms with E-state index in [1.807, 2.05) is 4.90 Å². The Balaban J connectivity index is 2.10. The van der Waals surface area contributed by atoms with Gasteiger partial charge in [0.25, 0.3) is 0 Å². The molecule has 1 fully saturated rings. The maximum Gasteiger partial charge on any atom is 0.222 e. The number of amides is 1. The highest BCUT2D eigenvalue weighted by atomic mass is 32.2. The van der Waals surface area contributed by atoms with Gasteiger partial charge < -0.3 is 10.6 Å². The second kappa shape index (κ2) is 9.37. The van der Waals surface area contributed by atoms with E-state index >= 15 is 0 Å². The highest BCUT2D eigenvalue weighted by molar-refractivity contribution is 8.13. The number of unbranched alkanes of at least 4 members (excludes halogenated alkanes) is 4. The molecule has 0 radical (unpaired) electrons.